The second kappa shape index (κ2) is 5.21. The summed E-state index contributed by atoms with van der Waals surface area (Å²) in [5.41, 5.74) is 0.897. The highest BCUT2D eigenvalue weighted by Gasteiger charge is 1.92. The van der Waals surface area contributed by atoms with Gasteiger partial charge in [-0.3, -0.25) is 4.79 Å². The lowest BCUT2D eigenvalue weighted by Gasteiger charge is -1.92. The van der Waals surface area contributed by atoms with Crippen molar-refractivity contribution < 1.29 is 4.79 Å². The van der Waals surface area contributed by atoms with E-state index in [0.717, 1.165) is 12.0 Å². The van der Waals surface area contributed by atoms with Crippen LogP contribution in [-0.4, -0.2) is 5.78 Å². The lowest BCUT2D eigenvalue weighted by atomic mass is 10.1. The molecule has 0 aliphatic heterocycles. The second-order valence-corrected chi connectivity index (χ2v) is 2.59. The first-order valence-electron chi connectivity index (χ1n) is 3.86. The Kier molecular flexibility index (Phi) is 4.91. The Hall–Kier alpha value is -0.590. The van der Waals surface area contributed by atoms with Crippen LogP contribution in [0.1, 0.15) is 40.0 Å². The molecule has 0 rings (SSSR count). The van der Waals surface area contributed by atoms with Crippen molar-refractivity contribution in [1.29, 1.82) is 0 Å². The van der Waals surface area contributed by atoms with Crippen molar-refractivity contribution in [3.8, 4) is 0 Å². The van der Waals surface area contributed by atoms with E-state index in [1.165, 1.54) is 12.8 Å². The number of rotatable bonds is 4. The summed E-state index contributed by atoms with van der Waals surface area (Å²) in [6.45, 7) is 5.63. The fraction of sp³-hybridized carbons (Fsp3) is 0.667. The van der Waals surface area contributed by atoms with Crippen molar-refractivity contribution in [2.45, 2.75) is 40.0 Å². The molecule has 0 atom stereocenters. The Bertz CT molecular complexity index is 134. The van der Waals surface area contributed by atoms with Gasteiger partial charge < -0.3 is 0 Å². The lowest BCUT2D eigenvalue weighted by Crippen LogP contribution is -1.90. The summed E-state index contributed by atoms with van der Waals surface area (Å²) < 4.78 is 0. The number of ketones is 1. The van der Waals surface area contributed by atoms with Crippen LogP contribution in [0.3, 0.4) is 0 Å². The molecule has 1 heteroatoms. The van der Waals surface area contributed by atoms with Crippen molar-refractivity contribution in [2.75, 3.05) is 0 Å². The Labute approximate surface area is 63.1 Å². The van der Waals surface area contributed by atoms with E-state index in [4.69, 9.17) is 0 Å². The minimum atomic E-state index is 0.191. The Morgan fingerprint density at radius 2 is 2.00 bits per heavy atom. The summed E-state index contributed by atoms with van der Waals surface area (Å²) in [6.07, 6.45) is 5.44. The molecule has 0 aliphatic rings. The SMILES string of the molecule is CCCCC=C(C)C(C)=O. The second-order valence-electron chi connectivity index (χ2n) is 2.59. The van der Waals surface area contributed by atoms with Crippen LogP contribution in [0.25, 0.3) is 0 Å². The third-order valence-corrected chi connectivity index (χ3v) is 1.56. The molecule has 1 nitrogen and oxygen atoms in total. The molecular formula is C9H16O. The molecule has 0 saturated heterocycles. The summed E-state index contributed by atoms with van der Waals surface area (Å²) in [4.78, 5) is 10.7. The number of carbonyl (C=O) groups excluding carboxylic acids is 1. The molecule has 0 bridgehead atoms. The molecule has 0 N–H and O–H groups in total. The van der Waals surface area contributed by atoms with Crippen LogP contribution in [-0.2, 0) is 4.79 Å². The van der Waals surface area contributed by atoms with Gasteiger partial charge in [0.2, 0.25) is 0 Å². The molecule has 0 fully saturated rings. The minimum absolute atomic E-state index is 0.191. The first-order chi connectivity index (χ1) is 4.68. The smallest absolute Gasteiger partial charge is 0.155 e. The molecule has 0 spiro atoms. The van der Waals surface area contributed by atoms with Gasteiger partial charge in [-0.25, -0.2) is 0 Å². The monoisotopic (exact) mass is 140 g/mol. The van der Waals surface area contributed by atoms with E-state index in [2.05, 4.69) is 6.92 Å². The molecule has 0 radical (unpaired) electrons. The largest absolute Gasteiger partial charge is 0.295 e. The Balaban J connectivity index is 3.58. The average Bonchev–Trinajstić information content (AvgIpc) is 1.88. The third kappa shape index (κ3) is 4.30. The highest BCUT2D eigenvalue weighted by molar-refractivity contribution is 5.92. The van der Waals surface area contributed by atoms with Crippen LogP contribution < -0.4 is 0 Å². The highest BCUT2D eigenvalue weighted by Crippen LogP contribution is 2.00. The maximum Gasteiger partial charge on any atom is 0.155 e. The van der Waals surface area contributed by atoms with Crippen molar-refractivity contribution in [3.63, 3.8) is 0 Å². The van der Waals surface area contributed by atoms with Crippen LogP contribution in [0, 0.1) is 0 Å². The number of Topliss-reactive ketones (excluding diaryl/α,β-unsaturated/α-hetero) is 1. The molecular weight excluding hydrogens is 124 g/mol. The van der Waals surface area contributed by atoms with E-state index in [-0.39, 0.29) is 5.78 Å². The molecule has 0 aromatic heterocycles. The fourth-order valence-electron chi connectivity index (χ4n) is 0.666. The van der Waals surface area contributed by atoms with Crippen molar-refractivity contribution >= 4 is 5.78 Å². The summed E-state index contributed by atoms with van der Waals surface area (Å²) >= 11 is 0. The number of carbonyl (C=O) groups is 1. The summed E-state index contributed by atoms with van der Waals surface area (Å²) in [7, 11) is 0. The zero-order chi connectivity index (χ0) is 7.98. The molecule has 0 amide bonds. The molecule has 10 heavy (non-hydrogen) atoms. The van der Waals surface area contributed by atoms with E-state index in [1.54, 1.807) is 6.92 Å². The van der Waals surface area contributed by atoms with Gasteiger partial charge in [0.15, 0.2) is 5.78 Å². The van der Waals surface area contributed by atoms with Gasteiger partial charge in [0.1, 0.15) is 0 Å². The minimum Gasteiger partial charge on any atom is -0.295 e. The Morgan fingerprint density at radius 1 is 1.40 bits per heavy atom. The van der Waals surface area contributed by atoms with Gasteiger partial charge in [-0.05, 0) is 25.8 Å². The standard InChI is InChI=1S/C9H16O/c1-4-5-6-7-8(2)9(3)10/h7H,4-6H2,1-3H3. The van der Waals surface area contributed by atoms with E-state index in [9.17, 15) is 4.79 Å². The topological polar surface area (TPSA) is 17.1 Å². The predicted octanol–water partition coefficient (Wildman–Crippen LogP) is 2.71. The van der Waals surface area contributed by atoms with Gasteiger partial charge in [-0.2, -0.15) is 0 Å². The van der Waals surface area contributed by atoms with Gasteiger partial charge in [-0.15, -0.1) is 0 Å². The van der Waals surface area contributed by atoms with Crippen LogP contribution in [0.2, 0.25) is 0 Å². The van der Waals surface area contributed by atoms with Crippen molar-refractivity contribution in [1.82, 2.24) is 0 Å². The van der Waals surface area contributed by atoms with Gasteiger partial charge in [0.25, 0.3) is 0 Å². The van der Waals surface area contributed by atoms with Crippen LogP contribution >= 0.6 is 0 Å². The van der Waals surface area contributed by atoms with Crippen LogP contribution in [0.4, 0.5) is 0 Å². The first-order valence-corrected chi connectivity index (χ1v) is 3.86. The summed E-state index contributed by atoms with van der Waals surface area (Å²) in [6, 6.07) is 0. The number of hydrogen-bond donors (Lipinski definition) is 0. The molecule has 0 saturated carbocycles. The zero-order valence-corrected chi connectivity index (χ0v) is 7.11. The van der Waals surface area contributed by atoms with Crippen molar-refractivity contribution in [2.24, 2.45) is 0 Å². The van der Waals surface area contributed by atoms with E-state index < -0.39 is 0 Å². The van der Waals surface area contributed by atoms with Gasteiger partial charge >= 0.3 is 0 Å². The third-order valence-electron chi connectivity index (χ3n) is 1.56. The normalized spacial score (nSPS) is 11.7. The number of allylic oxidation sites excluding steroid dienone is 2. The van der Waals surface area contributed by atoms with Crippen LogP contribution in [0.15, 0.2) is 11.6 Å². The quantitative estimate of drug-likeness (QED) is 0.433. The molecule has 0 aliphatic carbocycles. The maximum absolute atomic E-state index is 10.7. The summed E-state index contributed by atoms with van der Waals surface area (Å²) in [5, 5.41) is 0. The average molecular weight is 140 g/mol. The Morgan fingerprint density at radius 3 is 2.40 bits per heavy atom. The van der Waals surface area contributed by atoms with Crippen LogP contribution in [0.5, 0.6) is 0 Å². The van der Waals surface area contributed by atoms with Gasteiger partial charge in [-0.1, -0.05) is 25.8 Å². The predicted molar refractivity (Wildman–Crippen MR) is 44.0 cm³/mol. The van der Waals surface area contributed by atoms with Gasteiger partial charge in [0.05, 0.1) is 0 Å². The van der Waals surface area contributed by atoms with Gasteiger partial charge in [0, 0.05) is 0 Å². The molecule has 0 heterocycles. The van der Waals surface area contributed by atoms with E-state index >= 15 is 0 Å². The maximum atomic E-state index is 10.7. The summed E-state index contributed by atoms with van der Waals surface area (Å²) in [5.74, 6) is 0.191. The highest BCUT2D eigenvalue weighted by atomic mass is 16.1. The number of hydrogen-bond acceptors (Lipinski definition) is 1. The molecule has 58 valence electrons. The molecule has 0 unspecified atom stereocenters. The lowest BCUT2D eigenvalue weighted by molar-refractivity contribution is -0.113. The number of unbranched alkanes of at least 4 members (excludes halogenated alkanes) is 2. The van der Waals surface area contributed by atoms with Crippen molar-refractivity contribution in [3.05, 3.63) is 11.6 Å². The fourth-order valence-corrected chi connectivity index (χ4v) is 0.666. The zero-order valence-electron chi connectivity index (χ0n) is 7.11. The van der Waals surface area contributed by atoms with E-state index in [0.29, 0.717) is 0 Å². The molecule has 0 aromatic rings. The molecule has 0 aromatic carbocycles. The van der Waals surface area contributed by atoms with E-state index in [1.807, 2.05) is 13.0 Å². The first kappa shape index (κ1) is 9.41.